The Bertz CT molecular complexity index is 1470. The smallest absolute Gasteiger partial charge is 0.422 e. The fourth-order valence-corrected chi connectivity index (χ4v) is 5.00. The first kappa shape index (κ1) is 30.2. The van der Waals surface area contributed by atoms with Crippen molar-refractivity contribution >= 4 is 76.2 Å². The van der Waals surface area contributed by atoms with E-state index in [4.69, 9.17) is 56.2 Å². The van der Waals surface area contributed by atoms with E-state index in [9.17, 15) is 27.2 Å². The number of carbonyl (C=O) groups is 2. The Balaban J connectivity index is 1.85. The number of rotatable bonds is 7. The summed E-state index contributed by atoms with van der Waals surface area (Å²) in [5.41, 5.74) is -0.339. The Labute approximate surface area is 245 Å². The van der Waals surface area contributed by atoms with Gasteiger partial charge in [0.15, 0.2) is 10.3 Å². The van der Waals surface area contributed by atoms with E-state index < -0.39 is 52.3 Å². The predicted molar refractivity (Wildman–Crippen MR) is 145 cm³/mol. The number of halogens is 8. The lowest BCUT2D eigenvalue weighted by atomic mass is 9.57. The van der Waals surface area contributed by atoms with E-state index in [1.165, 1.54) is 30.3 Å². The molecular weight excluding hydrogens is 623 g/mol. The minimum absolute atomic E-state index is 0.0200. The number of carbonyl (C=O) groups excluding carboxylic acids is 2. The van der Waals surface area contributed by atoms with Crippen molar-refractivity contribution in [3.63, 3.8) is 0 Å². The average molecular weight is 639 g/mol. The lowest BCUT2D eigenvalue weighted by molar-refractivity contribution is -0.153. The second-order valence-corrected chi connectivity index (χ2v) is 11.2. The molecule has 7 nitrogen and oxygen atoms in total. The highest BCUT2D eigenvalue weighted by molar-refractivity contribution is 7.05. The number of ether oxygens (including phenoxy) is 1. The zero-order valence-corrected chi connectivity index (χ0v) is 22.9. The topological polar surface area (TPSA) is 91.8 Å². The van der Waals surface area contributed by atoms with Crippen molar-refractivity contribution in [2.45, 2.75) is 9.87 Å². The van der Waals surface area contributed by atoms with Gasteiger partial charge in [0.1, 0.15) is 17.3 Å². The monoisotopic (exact) mass is 637 g/mol. The molecule has 16 heteroatoms. The average Bonchev–Trinajstić information content (AvgIpc) is 3.19. The number of nitrogens with one attached hydrogen (secondary N) is 1. The maximum absolute atomic E-state index is 14.7. The van der Waals surface area contributed by atoms with Crippen LogP contribution in [0.4, 0.5) is 23.2 Å². The number of alkyl halides is 6. The SMILES string of the molecule is O=C(NCCO)c1cc(-c2ccc(N3B(C(Cl)(Cl)Cl)c4cccc(F)c4C3=O)c(OCC(F)(F)F)c2)c(Cl)cn1. The summed E-state index contributed by atoms with van der Waals surface area (Å²) in [6, 6.07) is 8.75. The van der Waals surface area contributed by atoms with E-state index in [0.29, 0.717) is 0 Å². The van der Waals surface area contributed by atoms with Crippen LogP contribution in [0, 0.1) is 5.82 Å². The van der Waals surface area contributed by atoms with Gasteiger partial charge in [0.25, 0.3) is 5.91 Å². The molecule has 4 rings (SSSR count). The third-order valence-corrected chi connectivity index (χ3v) is 6.67. The highest BCUT2D eigenvalue weighted by atomic mass is 35.6. The number of amides is 2. The molecule has 0 fully saturated rings. The summed E-state index contributed by atoms with van der Waals surface area (Å²) in [4.78, 5) is 30.5. The third-order valence-electron chi connectivity index (χ3n) is 5.75. The third kappa shape index (κ3) is 6.26. The molecule has 2 heterocycles. The fraction of sp³-hybridized carbons (Fsp3) is 0.208. The normalized spacial score (nSPS) is 13.5. The van der Waals surface area contributed by atoms with Crippen molar-refractivity contribution in [3.05, 3.63) is 70.8 Å². The van der Waals surface area contributed by atoms with Crippen molar-refractivity contribution in [2.24, 2.45) is 0 Å². The Morgan fingerprint density at radius 2 is 1.88 bits per heavy atom. The molecular formula is C24H16BCl4F4N3O4. The van der Waals surface area contributed by atoms with Gasteiger partial charge in [-0.05, 0) is 35.3 Å². The first-order valence-electron chi connectivity index (χ1n) is 11.3. The van der Waals surface area contributed by atoms with Crippen molar-refractivity contribution in [3.8, 4) is 16.9 Å². The molecule has 2 amide bonds. The van der Waals surface area contributed by atoms with Crippen LogP contribution in [0.2, 0.25) is 5.02 Å². The number of aliphatic hydroxyl groups is 1. The summed E-state index contributed by atoms with van der Waals surface area (Å²) in [7, 11) is 0. The van der Waals surface area contributed by atoms with E-state index in [-0.39, 0.29) is 46.1 Å². The Hall–Kier alpha value is -2.77. The van der Waals surface area contributed by atoms with E-state index in [1.54, 1.807) is 0 Å². The van der Waals surface area contributed by atoms with Gasteiger partial charge >= 0.3 is 13.0 Å². The maximum Gasteiger partial charge on any atom is 0.422 e. The molecule has 210 valence electrons. The number of anilines is 1. The van der Waals surface area contributed by atoms with Crippen LogP contribution in [0.5, 0.6) is 5.75 Å². The number of aromatic nitrogens is 1. The van der Waals surface area contributed by atoms with Crippen molar-refractivity contribution in [2.75, 3.05) is 24.6 Å². The van der Waals surface area contributed by atoms with E-state index >= 15 is 0 Å². The Morgan fingerprint density at radius 1 is 1.15 bits per heavy atom. The summed E-state index contributed by atoms with van der Waals surface area (Å²) in [5, 5.41) is 11.4. The van der Waals surface area contributed by atoms with Gasteiger partial charge in [-0.1, -0.05) is 64.6 Å². The number of nitrogens with zero attached hydrogens (tertiary/aromatic N) is 2. The zero-order chi connectivity index (χ0) is 29.4. The van der Waals surface area contributed by atoms with Crippen molar-refractivity contribution in [1.29, 1.82) is 0 Å². The summed E-state index contributed by atoms with van der Waals surface area (Å²) >= 11 is 24.8. The molecule has 0 bridgehead atoms. The molecule has 1 aromatic heterocycles. The van der Waals surface area contributed by atoms with E-state index in [2.05, 4.69) is 10.3 Å². The molecule has 3 aromatic rings. The molecule has 0 atom stereocenters. The quantitative estimate of drug-likeness (QED) is 0.217. The number of fused-ring (bicyclic) bond motifs is 1. The second-order valence-electron chi connectivity index (χ2n) is 8.44. The van der Waals surface area contributed by atoms with Crippen LogP contribution in [-0.2, 0) is 0 Å². The van der Waals surface area contributed by atoms with Gasteiger partial charge in [-0.3, -0.25) is 9.59 Å². The van der Waals surface area contributed by atoms with Crippen LogP contribution in [0.15, 0.2) is 48.7 Å². The summed E-state index contributed by atoms with van der Waals surface area (Å²) in [5.74, 6) is -2.96. The molecule has 0 unspecified atom stereocenters. The van der Waals surface area contributed by atoms with Crippen molar-refractivity contribution in [1.82, 2.24) is 10.3 Å². The lowest BCUT2D eigenvalue weighted by Gasteiger charge is -2.29. The standard InChI is InChI=1S/C24H16BCl4F4N3O4/c26-15-10-35-17(21(38)34-6-7-37)9-13(15)12-4-5-18(19(8-12)40-11-23(31,32)33)36-22(39)20-14(2-1-3-16(20)30)25(36)24(27,28)29/h1-5,8-10,37H,6-7,11H2,(H,34,38). The number of hydrogen-bond acceptors (Lipinski definition) is 5. The maximum atomic E-state index is 14.7. The molecule has 0 saturated heterocycles. The molecule has 2 N–H and O–H groups in total. The second kappa shape index (κ2) is 11.6. The molecule has 2 aromatic carbocycles. The minimum atomic E-state index is -4.77. The Morgan fingerprint density at radius 3 is 2.52 bits per heavy atom. The molecule has 0 spiro atoms. The van der Waals surface area contributed by atoms with Crippen LogP contribution >= 0.6 is 46.4 Å². The molecule has 1 aliphatic rings. The number of benzene rings is 2. The van der Waals surface area contributed by atoms with Gasteiger partial charge in [0.05, 0.1) is 22.9 Å². The van der Waals surface area contributed by atoms with Crippen LogP contribution in [0.1, 0.15) is 20.8 Å². The lowest BCUT2D eigenvalue weighted by Crippen LogP contribution is -2.53. The van der Waals surface area contributed by atoms with Crippen LogP contribution in [0.3, 0.4) is 0 Å². The minimum Gasteiger partial charge on any atom is -0.482 e. The highest BCUT2D eigenvalue weighted by Gasteiger charge is 2.54. The van der Waals surface area contributed by atoms with Gasteiger partial charge < -0.3 is 20.0 Å². The van der Waals surface area contributed by atoms with Crippen LogP contribution in [0.25, 0.3) is 11.1 Å². The summed E-state index contributed by atoms with van der Waals surface area (Å²) < 4.78 is 57.1. The van der Waals surface area contributed by atoms with Crippen molar-refractivity contribution < 1.29 is 37.0 Å². The van der Waals surface area contributed by atoms with Gasteiger partial charge in [-0.25, -0.2) is 9.37 Å². The van der Waals surface area contributed by atoms with Gasteiger partial charge in [-0.15, -0.1) is 0 Å². The number of hydrogen-bond donors (Lipinski definition) is 2. The van der Waals surface area contributed by atoms with E-state index in [1.807, 2.05) is 0 Å². The molecule has 0 radical (unpaired) electrons. The predicted octanol–water partition coefficient (Wildman–Crippen LogP) is 4.97. The van der Waals surface area contributed by atoms with Crippen LogP contribution < -0.4 is 20.3 Å². The first-order chi connectivity index (χ1) is 18.7. The largest absolute Gasteiger partial charge is 0.482 e. The summed E-state index contributed by atoms with van der Waals surface area (Å²) in [6.07, 6.45) is -3.60. The number of aliphatic hydroxyl groups excluding tert-OH is 1. The Kier molecular flexibility index (Phi) is 8.77. The molecule has 0 aliphatic carbocycles. The molecule has 40 heavy (non-hydrogen) atoms. The first-order valence-corrected chi connectivity index (χ1v) is 12.8. The molecule has 0 saturated carbocycles. The zero-order valence-electron chi connectivity index (χ0n) is 19.9. The van der Waals surface area contributed by atoms with E-state index in [0.717, 1.165) is 23.1 Å². The highest BCUT2D eigenvalue weighted by Crippen LogP contribution is 2.43. The van der Waals surface area contributed by atoms with Crippen LogP contribution in [-0.4, -0.2) is 58.4 Å². The van der Waals surface area contributed by atoms with Gasteiger partial charge in [0.2, 0.25) is 5.91 Å². The van der Waals surface area contributed by atoms with Gasteiger partial charge in [-0.2, -0.15) is 13.2 Å². The molecule has 1 aliphatic heterocycles. The van der Waals surface area contributed by atoms with Gasteiger partial charge in [0, 0.05) is 18.3 Å². The fourth-order valence-electron chi connectivity index (χ4n) is 4.14. The summed E-state index contributed by atoms with van der Waals surface area (Å²) in [6.45, 7) is -3.52. The number of pyridine rings is 1.